The molecule has 0 aromatic heterocycles. The van der Waals surface area contributed by atoms with Crippen molar-refractivity contribution in [3.8, 4) is 0 Å². The van der Waals surface area contributed by atoms with Crippen LogP contribution in [0, 0.1) is 0 Å². The molecule has 5 heteroatoms. The van der Waals surface area contributed by atoms with Crippen molar-refractivity contribution in [2.75, 3.05) is 11.9 Å². The molecule has 1 N–H and O–H groups in total. The van der Waals surface area contributed by atoms with Crippen molar-refractivity contribution < 1.29 is 19.1 Å². The zero-order valence-corrected chi connectivity index (χ0v) is 12.8. The topological polar surface area (TPSA) is 64.6 Å². The highest BCUT2D eigenvalue weighted by molar-refractivity contribution is 5.91. The van der Waals surface area contributed by atoms with Crippen molar-refractivity contribution in [3.05, 3.63) is 35.9 Å². The molecule has 0 atom stereocenters. The molecule has 1 rings (SSSR count). The van der Waals surface area contributed by atoms with E-state index in [1.54, 1.807) is 52.0 Å². The average molecular weight is 291 g/mol. The number of hydrogen-bond donors (Lipinski definition) is 1. The molecule has 0 aliphatic heterocycles. The van der Waals surface area contributed by atoms with Crippen molar-refractivity contribution in [1.29, 1.82) is 0 Å². The highest BCUT2D eigenvalue weighted by Gasteiger charge is 2.16. The maximum absolute atomic E-state index is 11.8. The van der Waals surface area contributed by atoms with Gasteiger partial charge in [0.15, 0.2) is 0 Å². The monoisotopic (exact) mass is 291 g/mol. The lowest BCUT2D eigenvalue weighted by Crippen LogP contribution is -2.27. The van der Waals surface area contributed by atoms with Gasteiger partial charge in [-0.15, -0.1) is 0 Å². The second kappa shape index (κ2) is 7.47. The summed E-state index contributed by atoms with van der Waals surface area (Å²) in [7, 11) is 0. The number of rotatable bonds is 4. The average Bonchev–Trinajstić information content (AvgIpc) is 2.35. The molecule has 1 aromatic carbocycles. The molecule has 0 unspecified atom stereocenters. The number of nitrogens with one attached hydrogen (secondary N) is 1. The Morgan fingerprint density at radius 1 is 1.24 bits per heavy atom. The summed E-state index contributed by atoms with van der Waals surface area (Å²) in [4.78, 5) is 23.1. The van der Waals surface area contributed by atoms with Gasteiger partial charge in [-0.05, 0) is 45.4 Å². The number of ether oxygens (including phenoxy) is 2. The molecule has 1 aromatic rings. The molecule has 0 aliphatic rings. The van der Waals surface area contributed by atoms with Crippen molar-refractivity contribution >= 4 is 23.8 Å². The highest BCUT2D eigenvalue weighted by atomic mass is 16.6. The van der Waals surface area contributed by atoms with Gasteiger partial charge in [-0.25, -0.2) is 9.59 Å². The Hall–Kier alpha value is -2.30. The van der Waals surface area contributed by atoms with E-state index in [2.05, 4.69) is 5.32 Å². The zero-order chi connectivity index (χ0) is 15.9. The van der Waals surface area contributed by atoms with Crippen LogP contribution >= 0.6 is 0 Å². The van der Waals surface area contributed by atoms with E-state index in [4.69, 9.17) is 9.47 Å². The summed E-state index contributed by atoms with van der Waals surface area (Å²) in [5, 5.41) is 2.66. The molecule has 0 spiro atoms. The lowest BCUT2D eigenvalue weighted by atomic mass is 10.1. The second-order valence-corrected chi connectivity index (χ2v) is 5.30. The van der Waals surface area contributed by atoms with Crippen LogP contribution in [-0.2, 0) is 14.3 Å². The standard InChI is InChI=1S/C16H21NO4/c1-5-20-14(18)11-10-12-8-6-7-9-13(12)17-15(19)21-16(2,3)4/h6-11H,5H2,1-4H3,(H,17,19)/b11-10-. The molecule has 0 heterocycles. The number of anilines is 1. The lowest BCUT2D eigenvalue weighted by Gasteiger charge is -2.20. The molecule has 1 amide bonds. The molecule has 0 aliphatic carbocycles. The SMILES string of the molecule is CCOC(=O)/C=C\c1ccccc1NC(=O)OC(C)(C)C. The number of benzene rings is 1. The molecule has 0 saturated heterocycles. The lowest BCUT2D eigenvalue weighted by molar-refractivity contribution is -0.137. The van der Waals surface area contributed by atoms with Gasteiger partial charge in [-0.2, -0.15) is 0 Å². The fourth-order valence-electron chi connectivity index (χ4n) is 1.52. The summed E-state index contributed by atoms with van der Waals surface area (Å²) in [6.07, 6.45) is 2.36. The smallest absolute Gasteiger partial charge is 0.412 e. The fraction of sp³-hybridized carbons (Fsp3) is 0.375. The predicted molar refractivity (Wildman–Crippen MR) is 82.0 cm³/mol. The van der Waals surface area contributed by atoms with Gasteiger partial charge in [0, 0.05) is 6.08 Å². The Morgan fingerprint density at radius 2 is 1.90 bits per heavy atom. The number of carbonyl (C=O) groups excluding carboxylic acids is 2. The third kappa shape index (κ3) is 6.61. The summed E-state index contributed by atoms with van der Waals surface area (Å²) in [5.74, 6) is -0.426. The Labute approximate surface area is 124 Å². The minimum absolute atomic E-state index is 0.320. The van der Waals surface area contributed by atoms with E-state index >= 15 is 0 Å². The van der Waals surface area contributed by atoms with Gasteiger partial charge in [0.2, 0.25) is 0 Å². The molecule has 0 saturated carbocycles. The quantitative estimate of drug-likeness (QED) is 0.680. The third-order valence-electron chi connectivity index (χ3n) is 2.28. The first kappa shape index (κ1) is 16.8. The molecule has 114 valence electrons. The Kier molecular flexibility index (Phi) is 5.96. The van der Waals surface area contributed by atoms with E-state index < -0.39 is 17.7 Å². The second-order valence-electron chi connectivity index (χ2n) is 5.30. The van der Waals surface area contributed by atoms with Gasteiger partial charge in [0.25, 0.3) is 0 Å². The van der Waals surface area contributed by atoms with E-state index in [0.29, 0.717) is 17.9 Å². The van der Waals surface area contributed by atoms with Crippen LogP contribution in [-0.4, -0.2) is 24.3 Å². The molecule has 0 fully saturated rings. The third-order valence-corrected chi connectivity index (χ3v) is 2.28. The van der Waals surface area contributed by atoms with E-state index in [1.807, 2.05) is 6.07 Å². The number of para-hydroxylation sites is 1. The maximum atomic E-state index is 11.8. The highest BCUT2D eigenvalue weighted by Crippen LogP contribution is 2.18. The van der Waals surface area contributed by atoms with Crippen LogP contribution in [0.1, 0.15) is 33.3 Å². The van der Waals surface area contributed by atoms with E-state index in [1.165, 1.54) is 6.08 Å². The van der Waals surface area contributed by atoms with Gasteiger partial charge in [0.05, 0.1) is 12.3 Å². The summed E-state index contributed by atoms with van der Waals surface area (Å²) >= 11 is 0. The molecule has 0 radical (unpaired) electrons. The number of carbonyl (C=O) groups is 2. The number of amides is 1. The summed E-state index contributed by atoms with van der Waals surface area (Å²) < 4.78 is 10.0. The predicted octanol–water partition coefficient (Wildman–Crippen LogP) is 3.61. The first-order chi connectivity index (χ1) is 9.81. The van der Waals surface area contributed by atoms with E-state index in [9.17, 15) is 9.59 Å². The molecule has 5 nitrogen and oxygen atoms in total. The molecular weight excluding hydrogens is 270 g/mol. The summed E-state index contributed by atoms with van der Waals surface area (Å²) in [6, 6.07) is 7.11. The summed E-state index contributed by atoms with van der Waals surface area (Å²) in [5.41, 5.74) is 0.684. The number of hydrogen-bond acceptors (Lipinski definition) is 4. The minimum atomic E-state index is -0.570. The van der Waals surface area contributed by atoms with Gasteiger partial charge in [0.1, 0.15) is 5.60 Å². The van der Waals surface area contributed by atoms with Crippen LogP contribution in [0.25, 0.3) is 6.08 Å². The van der Waals surface area contributed by atoms with Crippen LogP contribution in [0.3, 0.4) is 0 Å². The minimum Gasteiger partial charge on any atom is -0.463 e. The Bertz CT molecular complexity index is 529. The van der Waals surface area contributed by atoms with Crippen LogP contribution in [0.15, 0.2) is 30.3 Å². The van der Waals surface area contributed by atoms with Crippen molar-refractivity contribution in [3.63, 3.8) is 0 Å². The van der Waals surface area contributed by atoms with Crippen molar-refractivity contribution in [2.24, 2.45) is 0 Å². The normalized spacial score (nSPS) is 11.2. The molecule has 0 bridgehead atoms. The van der Waals surface area contributed by atoms with E-state index in [-0.39, 0.29) is 0 Å². The Morgan fingerprint density at radius 3 is 2.52 bits per heavy atom. The van der Waals surface area contributed by atoms with E-state index in [0.717, 1.165) is 0 Å². The largest absolute Gasteiger partial charge is 0.463 e. The van der Waals surface area contributed by atoms with Crippen LogP contribution < -0.4 is 5.32 Å². The number of esters is 1. The van der Waals surface area contributed by atoms with Crippen molar-refractivity contribution in [1.82, 2.24) is 0 Å². The first-order valence-electron chi connectivity index (χ1n) is 6.75. The van der Waals surface area contributed by atoms with Gasteiger partial charge in [-0.1, -0.05) is 18.2 Å². The van der Waals surface area contributed by atoms with Crippen molar-refractivity contribution in [2.45, 2.75) is 33.3 Å². The van der Waals surface area contributed by atoms with Crippen LogP contribution in [0.2, 0.25) is 0 Å². The fourth-order valence-corrected chi connectivity index (χ4v) is 1.52. The summed E-state index contributed by atoms with van der Waals surface area (Å²) in [6.45, 7) is 7.43. The maximum Gasteiger partial charge on any atom is 0.412 e. The zero-order valence-electron chi connectivity index (χ0n) is 12.8. The van der Waals surface area contributed by atoms with Gasteiger partial charge >= 0.3 is 12.1 Å². The first-order valence-corrected chi connectivity index (χ1v) is 6.75. The molecule has 21 heavy (non-hydrogen) atoms. The molecular formula is C16H21NO4. The van der Waals surface area contributed by atoms with Gasteiger partial charge in [-0.3, -0.25) is 5.32 Å². The Balaban J connectivity index is 2.80. The van der Waals surface area contributed by atoms with Crippen LogP contribution in [0.4, 0.5) is 10.5 Å². The van der Waals surface area contributed by atoms with Gasteiger partial charge < -0.3 is 9.47 Å². The van der Waals surface area contributed by atoms with Crippen LogP contribution in [0.5, 0.6) is 0 Å².